The van der Waals surface area contributed by atoms with Gasteiger partial charge in [0.25, 0.3) is 0 Å². The summed E-state index contributed by atoms with van der Waals surface area (Å²) in [4.78, 5) is 12.0. The van der Waals surface area contributed by atoms with Gasteiger partial charge in [0, 0.05) is 0 Å². The van der Waals surface area contributed by atoms with Gasteiger partial charge >= 0.3 is 5.97 Å². The number of methoxy groups -OCH3 is 1. The largest absolute Gasteiger partial charge is 0.469 e. The standard InChI is InChI=1S/C14H18FNO2/c1-18-13(17)14(5-7-16-8-6-14)10-11-3-2-4-12(15)9-11/h2-4,9,16H,5-8,10H2,1H3. The van der Waals surface area contributed by atoms with E-state index in [1.807, 2.05) is 6.07 Å². The van der Waals surface area contributed by atoms with E-state index in [1.165, 1.54) is 19.2 Å². The predicted octanol–water partition coefficient (Wildman–Crippen LogP) is 1.91. The van der Waals surface area contributed by atoms with Crippen LogP contribution in [0.2, 0.25) is 0 Å². The topological polar surface area (TPSA) is 38.3 Å². The fourth-order valence-electron chi connectivity index (χ4n) is 2.61. The number of esters is 1. The van der Waals surface area contributed by atoms with Crippen LogP contribution in [0.15, 0.2) is 24.3 Å². The van der Waals surface area contributed by atoms with Gasteiger partial charge in [-0.1, -0.05) is 12.1 Å². The highest BCUT2D eigenvalue weighted by Gasteiger charge is 2.40. The van der Waals surface area contributed by atoms with Crippen molar-refractivity contribution < 1.29 is 13.9 Å². The molecule has 18 heavy (non-hydrogen) atoms. The second-order valence-electron chi connectivity index (χ2n) is 4.83. The zero-order valence-electron chi connectivity index (χ0n) is 10.5. The normalized spacial score (nSPS) is 18.3. The summed E-state index contributed by atoms with van der Waals surface area (Å²) in [6.45, 7) is 1.59. The molecule has 2 rings (SSSR count). The molecule has 0 bridgehead atoms. The molecule has 1 aromatic carbocycles. The Hall–Kier alpha value is -1.42. The molecule has 0 aliphatic carbocycles. The average molecular weight is 251 g/mol. The third-order valence-corrected chi connectivity index (χ3v) is 3.61. The molecule has 1 fully saturated rings. The second-order valence-corrected chi connectivity index (χ2v) is 4.83. The predicted molar refractivity (Wildman–Crippen MR) is 66.7 cm³/mol. The van der Waals surface area contributed by atoms with E-state index in [2.05, 4.69) is 5.32 Å². The van der Waals surface area contributed by atoms with Crippen molar-refractivity contribution in [3.05, 3.63) is 35.6 Å². The Kier molecular flexibility index (Phi) is 3.97. The first-order valence-electron chi connectivity index (χ1n) is 6.20. The molecule has 0 aromatic heterocycles. The number of halogens is 1. The van der Waals surface area contributed by atoms with E-state index in [-0.39, 0.29) is 11.8 Å². The highest BCUT2D eigenvalue weighted by atomic mass is 19.1. The molecule has 98 valence electrons. The number of hydrogen-bond acceptors (Lipinski definition) is 3. The zero-order chi connectivity index (χ0) is 13.0. The minimum absolute atomic E-state index is 0.187. The van der Waals surface area contributed by atoms with E-state index in [0.29, 0.717) is 6.42 Å². The quantitative estimate of drug-likeness (QED) is 0.834. The molecular weight excluding hydrogens is 233 g/mol. The fraction of sp³-hybridized carbons (Fsp3) is 0.500. The summed E-state index contributed by atoms with van der Waals surface area (Å²) in [6, 6.07) is 6.44. The van der Waals surface area contributed by atoms with Gasteiger partial charge < -0.3 is 10.1 Å². The van der Waals surface area contributed by atoms with Gasteiger partial charge in [0.2, 0.25) is 0 Å². The average Bonchev–Trinajstić information content (AvgIpc) is 2.39. The summed E-state index contributed by atoms with van der Waals surface area (Å²) in [5, 5.41) is 3.23. The van der Waals surface area contributed by atoms with Crippen LogP contribution in [0.5, 0.6) is 0 Å². The van der Waals surface area contributed by atoms with Crippen molar-refractivity contribution in [2.45, 2.75) is 19.3 Å². The fourth-order valence-corrected chi connectivity index (χ4v) is 2.61. The first kappa shape index (κ1) is 13.0. The SMILES string of the molecule is COC(=O)C1(Cc2cccc(F)c2)CCNCC1. The van der Waals surface area contributed by atoms with Crippen LogP contribution in [0.25, 0.3) is 0 Å². The molecular formula is C14H18FNO2. The number of piperidine rings is 1. The van der Waals surface area contributed by atoms with E-state index in [4.69, 9.17) is 4.74 Å². The van der Waals surface area contributed by atoms with Crippen molar-refractivity contribution in [2.75, 3.05) is 20.2 Å². The molecule has 1 aliphatic rings. The summed E-state index contributed by atoms with van der Waals surface area (Å²) >= 11 is 0. The highest BCUT2D eigenvalue weighted by molar-refractivity contribution is 5.77. The molecule has 0 unspecified atom stereocenters. The maximum atomic E-state index is 13.2. The lowest BCUT2D eigenvalue weighted by Gasteiger charge is -2.35. The third-order valence-electron chi connectivity index (χ3n) is 3.61. The Bertz CT molecular complexity index is 428. The maximum Gasteiger partial charge on any atom is 0.312 e. The van der Waals surface area contributed by atoms with Crippen LogP contribution in [-0.4, -0.2) is 26.2 Å². The number of carbonyl (C=O) groups is 1. The van der Waals surface area contributed by atoms with Crippen molar-refractivity contribution in [3.63, 3.8) is 0 Å². The van der Waals surface area contributed by atoms with Crippen molar-refractivity contribution >= 4 is 5.97 Å². The van der Waals surface area contributed by atoms with Crippen LogP contribution in [-0.2, 0) is 16.0 Å². The number of nitrogens with one attached hydrogen (secondary N) is 1. The molecule has 1 saturated heterocycles. The first-order chi connectivity index (χ1) is 8.66. The van der Waals surface area contributed by atoms with E-state index >= 15 is 0 Å². The van der Waals surface area contributed by atoms with Gasteiger partial charge in [0.05, 0.1) is 12.5 Å². The monoisotopic (exact) mass is 251 g/mol. The lowest BCUT2D eigenvalue weighted by Crippen LogP contribution is -2.44. The van der Waals surface area contributed by atoms with E-state index in [0.717, 1.165) is 31.5 Å². The summed E-state index contributed by atoms with van der Waals surface area (Å²) in [5.74, 6) is -0.449. The van der Waals surface area contributed by atoms with Crippen LogP contribution in [0, 0.1) is 11.2 Å². The molecule has 1 N–H and O–H groups in total. The molecule has 4 heteroatoms. The molecule has 3 nitrogen and oxygen atoms in total. The number of hydrogen-bond donors (Lipinski definition) is 1. The van der Waals surface area contributed by atoms with E-state index in [9.17, 15) is 9.18 Å². The molecule has 1 heterocycles. The summed E-state index contributed by atoms with van der Waals surface area (Å²) in [5.41, 5.74) is 0.343. The van der Waals surface area contributed by atoms with Gasteiger partial charge in [-0.15, -0.1) is 0 Å². The number of ether oxygens (including phenoxy) is 1. The zero-order valence-corrected chi connectivity index (χ0v) is 10.5. The molecule has 1 aliphatic heterocycles. The summed E-state index contributed by atoms with van der Waals surface area (Å²) in [7, 11) is 1.41. The minimum Gasteiger partial charge on any atom is -0.469 e. The molecule has 0 amide bonds. The van der Waals surface area contributed by atoms with Gasteiger partial charge in [0.1, 0.15) is 5.82 Å². The van der Waals surface area contributed by atoms with Crippen LogP contribution in [0.3, 0.4) is 0 Å². The number of benzene rings is 1. The molecule has 0 saturated carbocycles. The summed E-state index contributed by atoms with van der Waals surface area (Å²) in [6.07, 6.45) is 2.01. The van der Waals surface area contributed by atoms with E-state index in [1.54, 1.807) is 6.07 Å². The molecule has 0 radical (unpaired) electrons. The molecule has 0 atom stereocenters. The van der Waals surface area contributed by atoms with Gasteiger partial charge in [-0.2, -0.15) is 0 Å². The molecule has 1 aromatic rings. The Morgan fingerprint density at radius 2 is 2.17 bits per heavy atom. The van der Waals surface area contributed by atoms with Gasteiger partial charge in [-0.25, -0.2) is 4.39 Å². The van der Waals surface area contributed by atoms with Crippen LogP contribution >= 0.6 is 0 Å². The van der Waals surface area contributed by atoms with Gasteiger partial charge in [-0.3, -0.25) is 4.79 Å². The Morgan fingerprint density at radius 3 is 2.78 bits per heavy atom. The highest BCUT2D eigenvalue weighted by Crippen LogP contribution is 2.34. The van der Waals surface area contributed by atoms with Crippen molar-refractivity contribution in [1.29, 1.82) is 0 Å². The van der Waals surface area contributed by atoms with Gasteiger partial charge in [-0.05, 0) is 50.0 Å². The first-order valence-corrected chi connectivity index (χ1v) is 6.20. The van der Waals surface area contributed by atoms with Crippen LogP contribution in [0.4, 0.5) is 4.39 Å². The second kappa shape index (κ2) is 5.48. The van der Waals surface area contributed by atoms with Crippen molar-refractivity contribution in [2.24, 2.45) is 5.41 Å². The minimum atomic E-state index is -0.506. The lowest BCUT2D eigenvalue weighted by molar-refractivity contribution is -0.154. The van der Waals surface area contributed by atoms with Crippen LogP contribution < -0.4 is 5.32 Å². The number of carbonyl (C=O) groups excluding carboxylic acids is 1. The number of rotatable bonds is 3. The maximum absolute atomic E-state index is 13.2. The smallest absolute Gasteiger partial charge is 0.312 e. The van der Waals surface area contributed by atoms with Gasteiger partial charge in [0.15, 0.2) is 0 Å². The Morgan fingerprint density at radius 1 is 1.44 bits per heavy atom. The Labute approximate surface area is 106 Å². The van der Waals surface area contributed by atoms with Crippen molar-refractivity contribution in [1.82, 2.24) is 5.32 Å². The van der Waals surface area contributed by atoms with E-state index < -0.39 is 5.41 Å². The van der Waals surface area contributed by atoms with Crippen molar-refractivity contribution in [3.8, 4) is 0 Å². The van der Waals surface area contributed by atoms with Crippen LogP contribution in [0.1, 0.15) is 18.4 Å². The third kappa shape index (κ3) is 2.70. The Balaban J connectivity index is 2.22. The summed E-state index contributed by atoms with van der Waals surface area (Å²) < 4.78 is 18.1. The lowest BCUT2D eigenvalue weighted by atomic mass is 9.74. The molecule has 0 spiro atoms.